The van der Waals surface area contributed by atoms with E-state index >= 15 is 0 Å². The van der Waals surface area contributed by atoms with Gasteiger partial charge in [-0.3, -0.25) is 4.79 Å². The number of benzene rings is 3. The van der Waals surface area contributed by atoms with Crippen molar-refractivity contribution >= 4 is 73.2 Å². The summed E-state index contributed by atoms with van der Waals surface area (Å²) in [6.07, 6.45) is 0.274. The number of hydrogen-bond donors (Lipinski definition) is 2. The molecule has 8 heteroatoms. The lowest BCUT2D eigenvalue weighted by atomic mass is 10.1. The van der Waals surface area contributed by atoms with Gasteiger partial charge in [-0.1, -0.05) is 58.4 Å². The number of rotatable bonds is 7. The van der Waals surface area contributed by atoms with Gasteiger partial charge < -0.3 is 9.84 Å². The molecule has 1 amide bonds. The first-order valence-corrected chi connectivity index (χ1v) is 11.8. The van der Waals surface area contributed by atoms with Crippen LogP contribution in [0.3, 0.4) is 0 Å². The second-order valence-corrected chi connectivity index (χ2v) is 9.52. The number of halogens is 3. The molecule has 0 unspecified atom stereocenters. The van der Waals surface area contributed by atoms with Crippen molar-refractivity contribution in [2.75, 3.05) is 0 Å². The van der Waals surface area contributed by atoms with E-state index in [9.17, 15) is 9.90 Å². The van der Waals surface area contributed by atoms with Crippen molar-refractivity contribution in [3.63, 3.8) is 0 Å². The van der Waals surface area contributed by atoms with Gasteiger partial charge in [0.15, 0.2) is 6.10 Å². The van der Waals surface area contributed by atoms with Gasteiger partial charge in [0.25, 0.3) is 5.91 Å². The van der Waals surface area contributed by atoms with Gasteiger partial charge in [0.2, 0.25) is 0 Å². The van der Waals surface area contributed by atoms with E-state index in [0.717, 1.165) is 28.5 Å². The van der Waals surface area contributed by atoms with Gasteiger partial charge in [-0.05, 0) is 86.1 Å². The van der Waals surface area contributed by atoms with Gasteiger partial charge >= 0.3 is 0 Å². The van der Waals surface area contributed by atoms with Crippen molar-refractivity contribution in [3.8, 4) is 5.75 Å². The van der Waals surface area contributed by atoms with E-state index in [1.807, 2.05) is 42.5 Å². The quantitative estimate of drug-likeness (QED) is 0.198. The molecule has 0 aliphatic heterocycles. The molecule has 0 saturated heterocycles. The Labute approximate surface area is 210 Å². The van der Waals surface area contributed by atoms with Crippen molar-refractivity contribution in [3.05, 3.63) is 95.0 Å². The van der Waals surface area contributed by atoms with Crippen LogP contribution in [0.5, 0.6) is 5.75 Å². The lowest BCUT2D eigenvalue weighted by Crippen LogP contribution is -2.25. The van der Waals surface area contributed by atoms with Crippen molar-refractivity contribution in [1.82, 2.24) is 5.43 Å². The highest BCUT2D eigenvalue weighted by Gasteiger charge is 2.16. The number of carbonyl (C=O) groups is 1. The highest BCUT2D eigenvalue weighted by atomic mass is 127. The normalized spacial score (nSPS) is 12.0. The Hall–Kier alpha value is -1.50. The zero-order valence-electron chi connectivity index (χ0n) is 15.6. The average Bonchev–Trinajstić information content (AvgIpc) is 2.74. The van der Waals surface area contributed by atoms with Crippen LogP contribution in [0.25, 0.3) is 0 Å². The van der Waals surface area contributed by atoms with E-state index in [1.165, 1.54) is 0 Å². The minimum Gasteiger partial charge on any atom is -0.487 e. The number of hydrazone groups is 1. The van der Waals surface area contributed by atoms with Gasteiger partial charge in [-0.25, -0.2) is 5.43 Å². The molecule has 0 bridgehead atoms. The second kappa shape index (κ2) is 11.2. The molecule has 154 valence electrons. The second-order valence-electron chi connectivity index (χ2n) is 6.28. The Bertz CT molecular complexity index is 1020. The molecular formula is C22H17BrI2N2O3. The van der Waals surface area contributed by atoms with Crippen LogP contribution >= 0.6 is 61.1 Å². The van der Waals surface area contributed by atoms with Crippen molar-refractivity contribution in [2.45, 2.75) is 12.7 Å². The van der Waals surface area contributed by atoms with Crippen LogP contribution in [0.15, 0.2) is 76.3 Å². The Kier molecular flexibility index (Phi) is 8.66. The molecule has 3 aromatic rings. The lowest BCUT2D eigenvalue weighted by Gasteiger charge is -2.12. The fourth-order valence-electron chi connectivity index (χ4n) is 2.55. The summed E-state index contributed by atoms with van der Waals surface area (Å²) >= 11 is 7.86. The van der Waals surface area contributed by atoms with Crippen LogP contribution in [0.2, 0.25) is 0 Å². The van der Waals surface area contributed by atoms with Crippen LogP contribution in [0.4, 0.5) is 0 Å². The number of hydrogen-bond acceptors (Lipinski definition) is 4. The monoisotopic (exact) mass is 690 g/mol. The summed E-state index contributed by atoms with van der Waals surface area (Å²) in [5, 5.41) is 14.0. The summed E-state index contributed by atoms with van der Waals surface area (Å²) in [7, 11) is 0. The molecule has 0 fully saturated rings. The standard InChI is InChI=1S/C22H17BrI2N2O3/c23-17-8-6-14(7-9-17)13-30-21-18(24)10-15(11-19(21)25)12-26-27-22(29)20(28)16-4-2-1-3-5-16/h1-12,20,28H,13H2,(H,27,29)/b26-12-/t20-/m1/s1. The first kappa shape index (κ1) is 23.2. The first-order valence-electron chi connectivity index (χ1n) is 8.86. The smallest absolute Gasteiger partial charge is 0.273 e. The van der Waals surface area contributed by atoms with E-state index < -0.39 is 12.0 Å². The zero-order valence-corrected chi connectivity index (χ0v) is 21.5. The van der Waals surface area contributed by atoms with Crippen molar-refractivity contribution < 1.29 is 14.6 Å². The van der Waals surface area contributed by atoms with Crippen LogP contribution in [-0.2, 0) is 11.4 Å². The Morgan fingerprint density at radius 1 is 1.10 bits per heavy atom. The number of aliphatic hydroxyl groups is 1. The van der Waals surface area contributed by atoms with E-state index in [2.05, 4.69) is 71.6 Å². The maximum atomic E-state index is 12.1. The molecule has 2 N–H and O–H groups in total. The molecule has 0 aromatic heterocycles. The molecule has 0 saturated carbocycles. The Morgan fingerprint density at radius 2 is 1.73 bits per heavy atom. The topological polar surface area (TPSA) is 70.9 Å². The maximum Gasteiger partial charge on any atom is 0.273 e. The summed E-state index contributed by atoms with van der Waals surface area (Å²) in [5.74, 6) is 0.219. The molecular weight excluding hydrogens is 674 g/mol. The van der Waals surface area contributed by atoms with Gasteiger partial charge in [0, 0.05) is 4.47 Å². The number of nitrogens with one attached hydrogen (secondary N) is 1. The van der Waals surface area contributed by atoms with Crippen LogP contribution in [0.1, 0.15) is 22.8 Å². The lowest BCUT2D eigenvalue weighted by molar-refractivity contribution is -0.129. The van der Waals surface area contributed by atoms with E-state index in [4.69, 9.17) is 4.74 Å². The number of amides is 1. The number of ether oxygens (including phenoxy) is 1. The summed E-state index contributed by atoms with van der Waals surface area (Å²) in [6, 6.07) is 20.5. The molecule has 0 heterocycles. The van der Waals surface area contributed by atoms with Crippen LogP contribution < -0.4 is 10.2 Å². The zero-order chi connectivity index (χ0) is 21.5. The molecule has 5 nitrogen and oxygen atoms in total. The van der Waals surface area contributed by atoms with Crippen LogP contribution in [0, 0.1) is 7.14 Å². The summed E-state index contributed by atoms with van der Waals surface area (Å²) in [5.41, 5.74) is 4.78. The minimum atomic E-state index is -1.27. The van der Waals surface area contributed by atoms with E-state index in [-0.39, 0.29) is 0 Å². The third kappa shape index (κ3) is 6.50. The third-order valence-electron chi connectivity index (χ3n) is 4.07. The van der Waals surface area contributed by atoms with E-state index in [0.29, 0.717) is 12.2 Å². The largest absolute Gasteiger partial charge is 0.487 e. The summed E-state index contributed by atoms with van der Waals surface area (Å²) in [4.78, 5) is 12.1. The molecule has 3 aromatic carbocycles. The molecule has 3 rings (SSSR count). The molecule has 30 heavy (non-hydrogen) atoms. The van der Waals surface area contributed by atoms with Crippen molar-refractivity contribution in [2.24, 2.45) is 5.10 Å². The molecule has 0 spiro atoms. The third-order valence-corrected chi connectivity index (χ3v) is 6.20. The van der Waals surface area contributed by atoms with Gasteiger partial charge in [0.1, 0.15) is 12.4 Å². The van der Waals surface area contributed by atoms with E-state index in [1.54, 1.807) is 30.5 Å². The van der Waals surface area contributed by atoms with Gasteiger partial charge in [-0.15, -0.1) is 0 Å². The van der Waals surface area contributed by atoms with Gasteiger partial charge in [-0.2, -0.15) is 5.10 Å². The predicted octanol–water partition coefficient (Wildman–Crippen LogP) is 5.42. The van der Waals surface area contributed by atoms with Gasteiger partial charge in [0.05, 0.1) is 13.4 Å². The number of carbonyl (C=O) groups excluding carboxylic acids is 1. The fourth-order valence-corrected chi connectivity index (χ4v) is 4.94. The first-order chi connectivity index (χ1) is 14.4. The number of aliphatic hydroxyl groups excluding tert-OH is 1. The highest BCUT2D eigenvalue weighted by Crippen LogP contribution is 2.29. The predicted molar refractivity (Wildman–Crippen MR) is 137 cm³/mol. The SMILES string of the molecule is O=C(N/N=C\c1cc(I)c(OCc2ccc(Br)cc2)c(I)c1)[C@H](O)c1ccccc1. The molecule has 1 atom stereocenters. The van der Waals surface area contributed by atoms with Crippen LogP contribution in [-0.4, -0.2) is 17.2 Å². The maximum absolute atomic E-state index is 12.1. The molecule has 0 radical (unpaired) electrons. The minimum absolute atomic E-state index is 0.472. The summed E-state index contributed by atoms with van der Waals surface area (Å²) < 4.78 is 8.90. The molecule has 0 aliphatic rings. The average molecular weight is 691 g/mol. The summed E-state index contributed by atoms with van der Waals surface area (Å²) in [6.45, 7) is 0.472. The molecule has 0 aliphatic carbocycles. The highest BCUT2D eigenvalue weighted by molar-refractivity contribution is 14.1. The fraction of sp³-hybridized carbons (Fsp3) is 0.0909. The Balaban J connectivity index is 1.61. The van der Waals surface area contributed by atoms with Crippen molar-refractivity contribution in [1.29, 1.82) is 0 Å². The Morgan fingerprint density at radius 3 is 2.37 bits per heavy atom. The number of nitrogens with zero attached hydrogens (tertiary/aromatic N) is 1.